The fourth-order valence-corrected chi connectivity index (χ4v) is 2.75. The van der Waals surface area contributed by atoms with Gasteiger partial charge < -0.3 is 5.32 Å². The van der Waals surface area contributed by atoms with Crippen LogP contribution in [0.15, 0.2) is 18.2 Å². The van der Waals surface area contributed by atoms with Gasteiger partial charge in [0.05, 0.1) is 5.69 Å². The van der Waals surface area contributed by atoms with Gasteiger partial charge in [0.1, 0.15) is 11.6 Å². The summed E-state index contributed by atoms with van der Waals surface area (Å²) >= 11 is 0. The minimum atomic E-state index is -0.530. The van der Waals surface area contributed by atoms with E-state index < -0.39 is 11.6 Å². The summed E-state index contributed by atoms with van der Waals surface area (Å²) in [7, 11) is 0. The lowest BCUT2D eigenvalue weighted by Gasteiger charge is -2.36. The van der Waals surface area contributed by atoms with Crippen LogP contribution in [0.2, 0.25) is 0 Å². The quantitative estimate of drug-likeness (QED) is 0.815. The summed E-state index contributed by atoms with van der Waals surface area (Å²) in [5.74, 6) is 0.0270. The Morgan fingerprint density at radius 3 is 2.35 bits per heavy atom. The zero-order valence-corrected chi connectivity index (χ0v) is 10.3. The van der Waals surface area contributed by atoms with Crippen molar-refractivity contribution in [1.82, 2.24) is 0 Å². The summed E-state index contributed by atoms with van der Waals surface area (Å²) < 4.78 is 26.4. The second-order valence-electron chi connectivity index (χ2n) is 5.18. The molecule has 0 saturated heterocycles. The van der Waals surface area contributed by atoms with Crippen molar-refractivity contribution in [2.45, 2.75) is 39.2 Å². The summed E-state index contributed by atoms with van der Waals surface area (Å²) in [6.07, 6.45) is 3.59. The van der Waals surface area contributed by atoms with E-state index in [0.29, 0.717) is 17.5 Å². The Morgan fingerprint density at radius 2 is 1.76 bits per heavy atom. The van der Waals surface area contributed by atoms with Crippen molar-refractivity contribution in [1.29, 1.82) is 0 Å². The molecule has 3 heteroatoms. The summed E-state index contributed by atoms with van der Waals surface area (Å²) in [5.41, 5.74) is 0.414. The molecule has 1 aromatic rings. The zero-order valence-electron chi connectivity index (χ0n) is 10.3. The van der Waals surface area contributed by atoms with E-state index in [0.717, 1.165) is 6.07 Å². The van der Waals surface area contributed by atoms with E-state index in [2.05, 4.69) is 19.2 Å². The monoisotopic (exact) mass is 239 g/mol. The van der Waals surface area contributed by atoms with Crippen molar-refractivity contribution in [2.75, 3.05) is 5.32 Å². The molecule has 17 heavy (non-hydrogen) atoms. The molecule has 94 valence electrons. The molecule has 0 heterocycles. The third-order valence-corrected chi connectivity index (χ3v) is 3.80. The molecule has 2 rings (SSSR count). The SMILES string of the molecule is CC1CCCC(C)C1Nc1ccc(F)cc1F. The van der Waals surface area contributed by atoms with Gasteiger partial charge in [-0.05, 0) is 36.8 Å². The van der Waals surface area contributed by atoms with Crippen LogP contribution in [0.1, 0.15) is 33.1 Å². The normalized spacial score (nSPS) is 29.1. The zero-order chi connectivity index (χ0) is 12.4. The summed E-state index contributed by atoms with van der Waals surface area (Å²) in [6.45, 7) is 4.38. The number of halogens is 2. The van der Waals surface area contributed by atoms with Crippen molar-refractivity contribution in [3.63, 3.8) is 0 Å². The van der Waals surface area contributed by atoms with Crippen LogP contribution < -0.4 is 5.32 Å². The fourth-order valence-electron chi connectivity index (χ4n) is 2.75. The Balaban J connectivity index is 2.13. The van der Waals surface area contributed by atoms with Crippen molar-refractivity contribution in [3.05, 3.63) is 29.8 Å². The molecule has 0 amide bonds. The largest absolute Gasteiger partial charge is 0.379 e. The van der Waals surface area contributed by atoms with Gasteiger partial charge in [-0.15, -0.1) is 0 Å². The van der Waals surface area contributed by atoms with Crippen LogP contribution in [0.25, 0.3) is 0 Å². The minimum absolute atomic E-state index is 0.281. The van der Waals surface area contributed by atoms with Crippen LogP contribution in [0.4, 0.5) is 14.5 Å². The first-order chi connectivity index (χ1) is 8.08. The highest BCUT2D eigenvalue weighted by Crippen LogP contribution is 2.31. The first-order valence-electron chi connectivity index (χ1n) is 6.29. The highest BCUT2D eigenvalue weighted by atomic mass is 19.1. The lowest BCUT2D eigenvalue weighted by atomic mass is 9.78. The van der Waals surface area contributed by atoms with Crippen molar-refractivity contribution >= 4 is 5.69 Å². The summed E-state index contributed by atoms with van der Waals surface area (Å²) in [5, 5.41) is 3.23. The van der Waals surface area contributed by atoms with E-state index in [9.17, 15) is 8.78 Å². The standard InChI is InChI=1S/C14H19F2N/c1-9-4-3-5-10(2)14(9)17-13-7-6-11(15)8-12(13)16/h6-10,14,17H,3-5H2,1-2H3. The van der Waals surface area contributed by atoms with Crippen molar-refractivity contribution in [3.8, 4) is 0 Å². The topological polar surface area (TPSA) is 12.0 Å². The predicted molar refractivity (Wildman–Crippen MR) is 65.9 cm³/mol. The Labute approximate surface area is 101 Å². The summed E-state index contributed by atoms with van der Waals surface area (Å²) in [6, 6.07) is 3.99. The molecule has 0 bridgehead atoms. The molecule has 2 atom stereocenters. The van der Waals surface area contributed by atoms with E-state index in [4.69, 9.17) is 0 Å². The van der Waals surface area contributed by atoms with Crippen LogP contribution in [0.3, 0.4) is 0 Å². The van der Waals surface area contributed by atoms with Gasteiger partial charge in [-0.1, -0.05) is 20.3 Å². The Hall–Kier alpha value is -1.12. The van der Waals surface area contributed by atoms with Gasteiger partial charge in [-0.3, -0.25) is 0 Å². The molecular weight excluding hydrogens is 220 g/mol. The van der Waals surface area contributed by atoms with Gasteiger partial charge in [0.25, 0.3) is 0 Å². The Kier molecular flexibility index (Phi) is 3.65. The lowest BCUT2D eigenvalue weighted by Crippen LogP contribution is -2.37. The highest BCUT2D eigenvalue weighted by molar-refractivity contribution is 5.45. The molecule has 1 aromatic carbocycles. The Bertz CT molecular complexity index is 382. The van der Waals surface area contributed by atoms with Gasteiger partial charge >= 0.3 is 0 Å². The first-order valence-corrected chi connectivity index (χ1v) is 6.29. The molecule has 2 unspecified atom stereocenters. The smallest absolute Gasteiger partial charge is 0.149 e. The second kappa shape index (κ2) is 5.03. The van der Waals surface area contributed by atoms with E-state index in [1.165, 1.54) is 31.4 Å². The summed E-state index contributed by atoms with van der Waals surface area (Å²) in [4.78, 5) is 0. The van der Waals surface area contributed by atoms with E-state index in [1.54, 1.807) is 0 Å². The molecule has 0 radical (unpaired) electrons. The first kappa shape index (κ1) is 12.3. The van der Waals surface area contributed by atoms with E-state index in [1.807, 2.05) is 0 Å². The van der Waals surface area contributed by atoms with Gasteiger partial charge in [-0.25, -0.2) is 8.78 Å². The Morgan fingerprint density at radius 1 is 1.12 bits per heavy atom. The van der Waals surface area contributed by atoms with Crippen molar-refractivity contribution in [2.24, 2.45) is 11.8 Å². The average Bonchev–Trinajstić information content (AvgIpc) is 2.26. The maximum absolute atomic E-state index is 13.6. The molecule has 0 aliphatic heterocycles. The maximum Gasteiger partial charge on any atom is 0.149 e. The van der Waals surface area contributed by atoms with Crippen LogP contribution in [0.5, 0.6) is 0 Å². The van der Waals surface area contributed by atoms with Gasteiger partial charge in [0.15, 0.2) is 0 Å². The van der Waals surface area contributed by atoms with Crippen LogP contribution in [-0.4, -0.2) is 6.04 Å². The number of hydrogen-bond donors (Lipinski definition) is 1. The third kappa shape index (κ3) is 2.76. The molecule has 1 N–H and O–H groups in total. The number of hydrogen-bond acceptors (Lipinski definition) is 1. The molecule has 1 saturated carbocycles. The van der Waals surface area contributed by atoms with E-state index in [-0.39, 0.29) is 6.04 Å². The molecule has 0 spiro atoms. The minimum Gasteiger partial charge on any atom is -0.379 e. The number of anilines is 1. The molecular formula is C14H19F2N. The third-order valence-electron chi connectivity index (χ3n) is 3.80. The molecule has 1 nitrogen and oxygen atoms in total. The van der Waals surface area contributed by atoms with Gasteiger partial charge in [-0.2, -0.15) is 0 Å². The second-order valence-corrected chi connectivity index (χ2v) is 5.18. The molecule has 1 aliphatic carbocycles. The van der Waals surface area contributed by atoms with Gasteiger partial charge in [0, 0.05) is 12.1 Å². The predicted octanol–water partition coefficient (Wildman–Crippen LogP) is 4.20. The van der Waals surface area contributed by atoms with Gasteiger partial charge in [0.2, 0.25) is 0 Å². The van der Waals surface area contributed by atoms with Crippen molar-refractivity contribution < 1.29 is 8.78 Å². The number of rotatable bonds is 2. The molecule has 1 aliphatic rings. The van der Waals surface area contributed by atoms with E-state index >= 15 is 0 Å². The maximum atomic E-state index is 13.6. The van der Waals surface area contributed by atoms with Crippen LogP contribution in [0, 0.1) is 23.5 Å². The number of nitrogens with one attached hydrogen (secondary N) is 1. The lowest BCUT2D eigenvalue weighted by molar-refractivity contribution is 0.267. The molecule has 1 fully saturated rings. The number of benzene rings is 1. The average molecular weight is 239 g/mol. The fraction of sp³-hybridized carbons (Fsp3) is 0.571. The van der Waals surface area contributed by atoms with Crippen LogP contribution in [-0.2, 0) is 0 Å². The molecule has 0 aromatic heterocycles. The highest BCUT2D eigenvalue weighted by Gasteiger charge is 2.28. The van der Waals surface area contributed by atoms with Crippen LogP contribution >= 0.6 is 0 Å².